The van der Waals surface area contributed by atoms with Gasteiger partial charge in [0.2, 0.25) is 5.91 Å². The summed E-state index contributed by atoms with van der Waals surface area (Å²) in [5.74, 6) is -1.01. The molecule has 1 fully saturated rings. The molecule has 2 amide bonds. The molecule has 27 nitrogen and oxygen atoms in total. The van der Waals surface area contributed by atoms with Gasteiger partial charge in [-0.25, -0.2) is 43.0 Å². The molecule has 0 saturated carbocycles. The van der Waals surface area contributed by atoms with E-state index in [1.807, 2.05) is 6.07 Å². The van der Waals surface area contributed by atoms with Crippen molar-refractivity contribution in [2.45, 2.75) is 83.0 Å². The van der Waals surface area contributed by atoms with Crippen LogP contribution in [-0.2, 0) is 45.8 Å². The fraction of sp³-hybridized carbons (Fsp3) is 0.514. The van der Waals surface area contributed by atoms with Crippen LogP contribution in [0.15, 0.2) is 40.1 Å². The number of aliphatic hydroxyl groups is 1. The summed E-state index contributed by atoms with van der Waals surface area (Å²) < 4.78 is 70.1. The number of fused-ring (bicyclic) bond motifs is 3. The number of amides is 2. The van der Waals surface area contributed by atoms with Crippen molar-refractivity contribution in [3.05, 3.63) is 52.4 Å². The topological polar surface area (TPSA) is 386 Å². The van der Waals surface area contributed by atoms with Crippen molar-refractivity contribution in [3.8, 4) is 0 Å². The van der Waals surface area contributed by atoms with Gasteiger partial charge in [-0.3, -0.25) is 13.9 Å². The average molecular weight is 977 g/mol. The maximum absolute atomic E-state index is 13.0. The van der Waals surface area contributed by atoms with Crippen LogP contribution in [0.4, 0.5) is 16.3 Å². The lowest BCUT2D eigenvalue weighted by molar-refractivity contribution is -0.121. The molecule has 2 aliphatic heterocycles. The van der Waals surface area contributed by atoms with Gasteiger partial charge in [0.1, 0.15) is 35.2 Å². The Morgan fingerprint density at radius 3 is 2.45 bits per heavy atom. The molecule has 30 heteroatoms. The minimum absolute atomic E-state index is 0.0398. The molecule has 5 heterocycles. The molecular formula is C35H47N8O19P3. The van der Waals surface area contributed by atoms with E-state index in [2.05, 4.69) is 64.4 Å². The fourth-order valence-electron chi connectivity index (χ4n) is 7.62. The van der Waals surface area contributed by atoms with Crippen molar-refractivity contribution < 1.29 is 84.5 Å². The summed E-state index contributed by atoms with van der Waals surface area (Å²) in [5, 5.41) is 16.9. The first kappa shape index (κ1) is 49.6. The first-order chi connectivity index (χ1) is 30.4. The minimum Gasteiger partial charge on any atom is -0.462 e. The molecule has 0 bridgehead atoms. The number of phosphoric acid groups is 3. The van der Waals surface area contributed by atoms with E-state index in [1.54, 1.807) is 13.0 Å². The quantitative estimate of drug-likeness (QED) is 0.0306. The maximum Gasteiger partial charge on any atom is 0.490 e. The van der Waals surface area contributed by atoms with Crippen LogP contribution in [0.1, 0.15) is 75.0 Å². The predicted octanol–water partition coefficient (Wildman–Crippen LogP) is 2.08. The SMILES string of the molecule is CCOC(=O)c1cc2cc3c(cc2oc1=O)N(CCCC(=O)NCCNC(=O)O[C@@H]1[C@H](O)[C@@H](COP(=O)(O)OP(=O)(O)OP(=O)(O)O)O[C@H]1n1cnc2c(N)ncnc21)C(C)(C)CC3C. The van der Waals surface area contributed by atoms with Crippen LogP contribution in [0.3, 0.4) is 0 Å². The monoisotopic (exact) mass is 976 g/mol. The molecule has 0 radical (unpaired) electrons. The number of aliphatic hydroxyl groups excluding tert-OH is 1. The van der Waals surface area contributed by atoms with Crippen LogP contribution >= 0.6 is 23.5 Å². The largest absolute Gasteiger partial charge is 0.490 e. The van der Waals surface area contributed by atoms with E-state index in [1.165, 1.54) is 10.6 Å². The number of rotatable bonds is 18. The summed E-state index contributed by atoms with van der Waals surface area (Å²) in [6, 6.07) is 5.14. The molecule has 1 aromatic carbocycles. The molecule has 1 saturated heterocycles. The highest BCUT2D eigenvalue weighted by Crippen LogP contribution is 2.66. The lowest BCUT2D eigenvalue weighted by Crippen LogP contribution is -2.49. The van der Waals surface area contributed by atoms with Gasteiger partial charge >= 0.3 is 41.2 Å². The number of ether oxygens (including phenoxy) is 3. The third-order valence-electron chi connectivity index (χ3n) is 10.3. The molecule has 2 aliphatic rings. The molecule has 65 heavy (non-hydrogen) atoms. The number of nitrogens with one attached hydrogen (secondary N) is 2. The number of hydrogen-bond donors (Lipinski definition) is 8. The van der Waals surface area contributed by atoms with Crippen LogP contribution < -0.4 is 26.9 Å². The van der Waals surface area contributed by atoms with E-state index in [0.717, 1.165) is 30.3 Å². The van der Waals surface area contributed by atoms with Crippen LogP contribution in [0.25, 0.3) is 22.1 Å². The average Bonchev–Trinajstić information content (AvgIpc) is 3.75. The lowest BCUT2D eigenvalue weighted by atomic mass is 9.79. The molecular weight excluding hydrogens is 929 g/mol. The highest BCUT2D eigenvalue weighted by Gasteiger charge is 2.50. The predicted molar refractivity (Wildman–Crippen MR) is 223 cm³/mol. The van der Waals surface area contributed by atoms with Crippen LogP contribution in [-0.4, -0.2) is 119 Å². The molecule has 4 aromatic rings. The van der Waals surface area contributed by atoms with Crippen LogP contribution in [0, 0.1) is 0 Å². The van der Waals surface area contributed by atoms with E-state index in [4.69, 9.17) is 34.1 Å². The van der Waals surface area contributed by atoms with Gasteiger partial charge in [0.25, 0.3) is 0 Å². The maximum atomic E-state index is 13.0. The molecule has 7 atom stereocenters. The number of hydrogen-bond acceptors (Lipinski definition) is 20. The number of esters is 1. The second kappa shape index (κ2) is 19.5. The van der Waals surface area contributed by atoms with Crippen molar-refractivity contribution >= 4 is 75.1 Å². The summed E-state index contributed by atoms with van der Waals surface area (Å²) in [4.78, 5) is 102. The fourth-order valence-corrected chi connectivity index (χ4v) is 10.7. The number of anilines is 2. The summed E-state index contributed by atoms with van der Waals surface area (Å²) in [5.41, 5.74) is 6.80. The minimum atomic E-state index is -5.86. The van der Waals surface area contributed by atoms with Crippen molar-refractivity contribution in [2.24, 2.45) is 0 Å². The van der Waals surface area contributed by atoms with E-state index in [0.29, 0.717) is 23.9 Å². The number of nitrogens with two attached hydrogens (primary N) is 1. The summed E-state index contributed by atoms with van der Waals surface area (Å²) >= 11 is 0. The summed E-state index contributed by atoms with van der Waals surface area (Å²) in [6.45, 7) is 7.16. The second-order valence-corrected chi connectivity index (χ2v) is 19.9. The van der Waals surface area contributed by atoms with E-state index >= 15 is 0 Å². The molecule has 3 aromatic heterocycles. The zero-order chi connectivity index (χ0) is 47.6. The number of aromatic nitrogens is 4. The summed E-state index contributed by atoms with van der Waals surface area (Å²) in [6.07, 6.45) is -4.14. The second-order valence-electron chi connectivity index (χ2n) is 15.5. The first-order valence-electron chi connectivity index (χ1n) is 19.7. The molecule has 9 N–H and O–H groups in total. The Balaban J connectivity index is 1.04. The lowest BCUT2D eigenvalue weighted by Gasteiger charge is -2.47. The highest BCUT2D eigenvalue weighted by molar-refractivity contribution is 7.66. The Morgan fingerprint density at radius 2 is 1.74 bits per heavy atom. The highest BCUT2D eigenvalue weighted by atomic mass is 31.3. The molecule has 6 rings (SSSR count). The van der Waals surface area contributed by atoms with E-state index in [9.17, 15) is 47.8 Å². The zero-order valence-electron chi connectivity index (χ0n) is 35.0. The Hall–Kier alpha value is -4.88. The van der Waals surface area contributed by atoms with Gasteiger partial charge in [-0.05, 0) is 57.2 Å². The number of nitrogen functional groups attached to an aromatic ring is 1. The number of imidazole rings is 1. The van der Waals surface area contributed by atoms with Gasteiger partial charge < -0.3 is 64.6 Å². The number of phosphoric ester groups is 1. The van der Waals surface area contributed by atoms with Crippen molar-refractivity contribution in [1.29, 1.82) is 0 Å². The third kappa shape index (κ3) is 11.9. The number of carbonyl (C=O) groups is 3. The van der Waals surface area contributed by atoms with Crippen LogP contribution in [0.2, 0.25) is 0 Å². The van der Waals surface area contributed by atoms with Gasteiger partial charge in [-0.1, -0.05) is 6.92 Å². The van der Waals surface area contributed by atoms with E-state index in [-0.39, 0.29) is 66.0 Å². The summed E-state index contributed by atoms with van der Waals surface area (Å²) in [7, 11) is -17.2. The Labute approximate surface area is 368 Å². The van der Waals surface area contributed by atoms with Crippen molar-refractivity contribution in [2.75, 3.05) is 43.5 Å². The molecule has 356 valence electrons. The zero-order valence-corrected chi connectivity index (χ0v) is 37.7. The molecule has 0 spiro atoms. The smallest absolute Gasteiger partial charge is 0.462 e. The van der Waals surface area contributed by atoms with Gasteiger partial charge in [0, 0.05) is 48.7 Å². The number of carbonyl (C=O) groups excluding carboxylic acids is 3. The van der Waals surface area contributed by atoms with Gasteiger partial charge in [-0.2, -0.15) is 8.62 Å². The third-order valence-corrected chi connectivity index (χ3v) is 14.1. The standard InChI is InChI=1S/C35H47N8O19P3/c1-5-56-32(46)21-12-19-11-20-18(2)14-35(3,4)43(22(20)13-23(19)59-33(21)47)10-6-7-25(44)37-8-9-38-34(48)60-28-27(45)24(15-57-64(52,53)62-65(54,55)61-63(49,50)51)58-31(28)42-17-41-26-29(36)39-16-40-30(26)42/h11-13,16-18,24,27-28,31,45H,5-10,14-15H2,1-4H3,(H,37,44)(H,38,48)(H,52,53)(H,54,55)(H2,36,39,40)(H2,49,50,51)/t18?,24-,27-,28-,31-/m1/s1. The Bertz CT molecular complexity index is 2660. The Kier molecular flexibility index (Phi) is 14.9. The van der Waals surface area contributed by atoms with E-state index < -0.39 is 72.3 Å². The number of nitrogens with zero attached hydrogens (tertiary/aromatic N) is 5. The number of alkyl carbamates (subject to hydrolysis) is 1. The van der Waals surface area contributed by atoms with Gasteiger partial charge in [0.05, 0.1) is 19.5 Å². The van der Waals surface area contributed by atoms with Crippen LogP contribution in [0.5, 0.6) is 0 Å². The van der Waals surface area contributed by atoms with Crippen molar-refractivity contribution in [1.82, 2.24) is 30.2 Å². The number of benzene rings is 1. The normalized spacial score (nSPS) is 22.5. The molecule has 0 aliphatic carbocycles. The van der Waals surface area contributed by atoms with Gasteiger partial charge in [-0.15, -0.1) is 0 Å². The first-order valence-corrected chi connectivity index (χ1v) is 24.2. The molecule has 3 unspecified atom stereocenters. The van der Waals surface area contributed by atoms with Crippen molar-refractivity contribution in [3.63, 3.8) is 0 Å². The van der Waals surface area contributed by atoms with Gasteiger partial charge in [0.15, 0.2) is 23.8 Å². The Morgan fingerprint density at radius 1 is 1.02 bits per heavy atom.